The topological polar surface area (TPSA) is 21.3 Å². The van der Waals surface area contributed by atoms with Crippen molar-refractivity contribution < 1.29 is 4.74 Å². The summed E-state index contributed by atoms with van der Waals surface area (Å²) in [5.41, 5.74) is 1.21. The van der Waals surface area contributed by atoms with Crippen molar-refractivity contribution in [3.63, 3.8) is 0 Å². The predicted octanol–water partition coefficient (Wildman–Crippen LogP) is 3.44. The molecule has 2 nitrogen and oxygen atoms in total. The molecular weight excluding hydrogens is 230 g/mol. The number of nitrogens with one attached hydrogen (secondary N) is 1. The van der Waals surface area contributed by atoms with Crippen molar-refractivity contribution in [3.8, 4) is 5.75 Å². The van der Waals surface area contributed by atoms with Crippen LogP contribution in [0.4, 0.5) is 0 Å². The first-order valence-corrected chi connectivity index (χ1v) is 6.72. The summed E-state index contributed by atoms with van der Waals surface area (Å²) in [4.78, 5) is 1.25. The highest BCUT2D eigenvalue weighted by Crippen LogP contribution is 2.20. The molecule has 3 heteroatoms. The van der Waals surface area contributed by atoms with Gasteiger partial charge in [-0.05, 0) is 24.1 Å². The Balaban J connectivity index is 1.99. The second kappa shape index (κ2) is 6.42. The SMILES string of the molecule is CCNCc1ccccc1OCc1cccs1. The largest absolute Gasteiger partial charge is 0.488 e. The number of rotatable bonds is 6. The fraction of sp³-hybridized carbons (Fsp3) is 0.286. The van der Waals surface area contributed by atoms with E-state index in [-0.39, 0.29) is 0 Å². The lowest BCUT2D eigenvalue weighted by Gasteiger charge is -2.10. The Hall–Kier alpha value is -1.32. The van der Waals surface area contributed by atoms with E-state index < -0.39 is 0 Å². The fourth-order valence-corrected chi connectivity index (χ4v) is 2.21. The highest BCUT2D eigenvalue weighted by atomic mass is 32.1. The zero-order valence-electron chi connectivity index (χ0n) is 9.98. The first kappa shape index (κ1) is 12.1. The quantitative estimate of drug-likeness (QED) is 0.844. The molecule has 0 bridgehead atoms. The van der Waals surface area contributed by atoms with Crippen LogP contribution in [0.15, 0.2) is 41.8 Å². The molecule has 0 saturated carbocycles. The summed E-state index contributed by atoms with van der Waals surface area (Å²) >= 11 is 1.73. The summed E-state index contributed by atoms with van der Waals surface area (Å²) in [6.07, 6.45) is 0. The van der Waals surface area contributed by atoms with Crippen LogP contribution in [-0.4, -0.2) is 6.54 Å². The van der Waals surface area contributed by atoms with Crippen molar-refractivity contribution in [1.29, 1.82) is 0 Å². The molecule has 0 atom stereocenters. The molecular formula is C14H17NOS. The summed E-state index contributed by atoms with van der Waals surface area (Å²) in [5, 5.41) is 5.39. The average Bonchev–Trinajstić information content (AvgIpc) is 2.88. The van der Waals surface area contributed by atoms with Gasteiger partial charge in [-0.15, -0.1) is 11.3 Å². The molecule has 90 valence electrons. The van der Waals surface area contributed by atoms with E-state index in [0.29, 0.717) is 6.61 Å². The number of thiophene rings is 1. The third kappa shape index (κ3) is 3.58. The highest BCUT2D eigenvalue weighted by Gasteiger charge is 2.02. The monoisotopic (exact) mass is 247 g/mol. The van der Waals surface area contributed by atoms with Crippen molar-refractivity contribution in [2.24, 2.45) is 0 Å². The van der Waals surface area contributed by atoms with Crippen LogP contribution in [0.2, 0.25) is 0 Å². The Morgan fingerprint density at radius 1 is 1.18 bits per heavy atom. The Labute approximate surface area is 106 Å². The van der Waals surface area contributed by atoms with Crippen LogP contribution in [-0.2, 0) is 13.2 Å². The average molecular weight is 247 g/mol. The van der Waals surface area contributed by atoms with Gasteiger partial charge in [0.1, 0.15) is 12.4 Å². The first-order chi connectivity index (χ1) is 8.40. The number of benzene rings is 1. The Bertz CT molecular complexity index is 439. The molecule has 1 heterocycles. The van der Waals surface area contributed by atoms with E-state index in [4.69, 9.17) is 4.74 Å². The van der Waals surface area contributed by atoms with Crippen molar-refractivity contribution in [2.45, 2.75) is 20.1 Å². The van der Waals surface area contributed by atoms with Crippen LogP contribution >= 0.6 is 11.3 Å². The van der Waals surface area contributed by atoms with Crippen molar-refractivity contribution in [3.05, 3.63) is 52.2 Å². The van der Waals surface area contributed by atoms with Crippen molar-refractivity contribution >= 4 is 11.3 Å². The standard InChI is InChI=1S/C14H17NOS/c1-2-15-10-12-6-3-4-8-14(12)16-11-13-7-5-9-17-13/h3-9,15H,2,10-11H2,1H3. The number of hydrogen-bond donors (Lipinski definition) is 1. The van der Waals surface area contributed by atoms with Gasteiger partial charge in [-0.3, -0.25) is 0 Å². The minimum Gasteiger partial charge on any atom is -0.488 e. The molecule has 1 aromatic carbocycles. The van der Waals surface area contributed by atoms with Gasteiger partial charge in [-0.25, -0.2) is 0 Å². The van der Waals surface area contributed by atoms with Gasteiger partial charge in [-0.2, -0.15) is 0 Å². The minimum absolute atomic E-state index is 0.654. The van der Waals surface area contributed by atoms with Crippen LogP contribution in [0.5, 0.6) is 5.75 Å². The van der Waals surface area contributed by atoms with Crippen molar-refractivity contribution in [1.82, 2.24) is 5.32 Å². The number of ether oxygens (including phenoxy) is 1. The lowest BCUT2D eigenvalue weighted by molar-refractivity contribution is 0.305. The Morgan fingerprint density at radius 2 is 2.06 bits per heavy atom. The second-order valence-electron chi connectivity index (χ2n) is 3.76. The molecule has 1 N–H and O–H groups in total. The zero-order chi connectivity index (χ0) is 11.9. The van der Waals surface area contributed by atoms with Gasteiger partial charge in [-0.1, -0.05) is 31.2 Å². The van der Waals surface area contributed by atoms with Crippen LogP contribution in [0.1, 0.15) is 17.4 Å². The maximum Gasteiger partial charge on any atom is 0.124 e. The number of hydrogen-bond acceptors (Lipinski definition) is 3. The van der Waals surface area contributed by atoms with Crippen LogP contribution in [0, 0.1) is 0 Å². The zero-order valence-corrected chi connectivity index (χ0v) is 10.8. The summed E-state index contributed by atoms with van der Waals surface area (Å²) < 4.78 is 5.85. The van der Waals surface area contributed by atoms with E-state index in [1.54, 1.807) is 11.3 Å². The molecule has 0 amide bonds. The van der Waals surface area contributed by atoms with Gasteiger partial charge >= 0.3 is 0 Å². The summed E-state index contributed by atoms with van der Waals surface area (Å²) in [7, 11) is 0. The third-order valence-corrected chi connectivity index (χ3v) is 3.34. The molecule has 0 aliphatic carbocycles. The summed E-state index contributed by atoms with van der Waals surface area (Å²) in [5.74, 6) is 0.974. The van der Waals surface area contributed by atoms with E-state index in [0.717, 1.165) is 18.8 Å². The van der Waals surface area contributed by atoms with Gasteiger partial charge in [0, 0.05) is 17.0 Å². The van der Waals surface area contributed by atoms with Gasteiger partial charge < -0.3 is 10.1 Å². The molecule has 0 aliphatic rings. The van der Waals surface area contributed by atoms with Gasteiger partial charge in [0.05, 0.1) is 0 Å². The lowest BCUT2D eigenvalue weighted by atomic mass is 10.2. The summed E-state index contributed by atoms with van der Waals surface area (Å²) in [6, 6.07) is 12.3. The van der Waals surface area contributed by atoms with Gasteiger partial charge in [0.2, 0.25) is 0 Å². The van der Waals surface area contributed by atoms with Gasteiger partial charge in [0.25, 0.3) is 0 Å². The number of para-hydroxylation sites is 1. The highest BCUT2D eigenvalue weighted by molar-refractivity contribution is 7.09. The molecule has 17 heavy (non-hydrogen) atoms. The molecule has 2 rings (SSSR count). The third-order valence-electron chi connectivity index (χ3n) is 2.49. The van der Waals surface area contributed by atoms with Crippen molar-refractivity contribution in [2.75, 3.05) is 6.54 Å². The molecule has 0 unspecified atom stereocenters. The molecule has 0 fully saturated rings. The van der Waals surface area contributed by atoms with E-state index in [1.807, 2.05) is 24.3 Å². The predicted molar refractivity (Wildman–Crippen MR) is 72.5 cm³/mol. The van der Waals surface area contributed by atoms with Crippen LogP contribution < -0.4 is 10.1 Å². The molecule has 0 aliphatic heterocycles. The van der Waals surface area contributed by atoms with Crippen LogP contribution in [0.3, 0.4) is 0 Å². The first-order valence-electron chi connectivity index (χ1n) is 5.84. The summed E-state index contributed by atoms with van der Waals surface area (Å²) in [6.45, 7) is 4.59. The maximum atomic E-state index is 5.85. The molecule has 0 radical (unpaired) electrons. The minimum atomic E-state index is 0.654. The Morgan fingerprint density at radius 3 is 2.82 bits per heavy atom. The normalized spacial score (nSPS) is 10.4. The van der Waals surface area contributed by atoms with E-state index >= 15 is 0 Å². The molecule has 0 saturated heterocycles. The van der Waals surface area contributed by atoms with Gasteiger partial charge in [0.15, 0.2) is 0 Å². The fourth-order valence-electron chi connectivity index (χ4n) is 1.59. The smallest absolute Gasteiger partial charge is 0.124 e. The van der Waals surface area contributed by atoms with E-state index in [2.05, 4.69) is 29.8 Å². The molecule has 0 spiro atoms. The maximum absolute atomic E-state index is 5.85. The van der Waals surface area contributed by atoms with E-state index in [9.17, 15) is 0 Å². The Kier molecular flexibility index (Phi) is 4.59. The molecule has 1 aromatic heterocycles. The van der Waals surface area contributed by atoms with E-state index in [1.165, 1.54) is 10.4 Å². The van der Waals surface area contributed by atoms with Crippen LogP contribution in [0.25, 0.3) is 0 Å². The molecule has 2 aromatic rings. The second-order valence-corrected chi connectivity index (χ2v) is 4.79. The lowest BCUT2D eigenvalue weighted by Crippen LogP contribution is -2.12.